The number of hydrogen-bond acceptors (Lipinski definition) is 8. The van der Waals surface area contributed by atoms with E-state index >= 15 is 0 Å². The van der Waals surface area contributed by atoms with Crippen molar-refractivity contribution >= 4 is 15.8 Å². The van der Waals surface area contributed by atoms with Crippen molar-refractivity contribution in [2.24, 2.45) is 23.7 Å². The van der Waals surface area contributed by atoms with Gasteiger partial charge in [0.25, 0.3) is 0 Å². The Morgan fingerprint density at radius 2 is 0.568 bits per heavy atom. The molecule has 0 rings (SSSR count). The Morgan fingerprint density at radius 3 is 0.757 bits per heavy atom. The van der Waals surface area contributed by atoms with Crippen LogP contribution in [0.2, 0.25) is 0 Å². The van der Waals surface area contributed by atoms with Gasteiger partial charge in [-0.2, -0.15) is 0 Å². The monoisotopic (exact) mass is 572 g/mol. The van der Waals surface area contributed by atoms with Gasteiger partial charge >= 0.3 is 0 Å². The molecule has 0 aromatic heterocycles. The Balaban J connectivity index is 5.05. The Hall–Kier alpha value is 0.540. The molecule has 0 saturated heterocycles. The molecule has 4 atom stereocenters. The molecular weight excluding hydrogens is 514 g/mol. The van der Waals surface area contributed by atoms with Crippen LogP contribution in [0.25, 0.3) is 0 Å². The minimum absolute atomic E-state index is 0.0900. The van der Waals surface area contributed by atoms with Crippen LogP contribution >= 0.6 is 15.8 Å². The summed E-state index contributed by atoms with van der Waals surface area (Å²) in [6, 6.07) is 0. The first kappa shape index (κ1) is 37.5. The summed E-state index contributed by atoms with van der Waals surface area (Å²) in [6.45, 7) is 0.743. The van der Waals surface area contributed by atoms with Crippen LogP contribution in [0.5, 0.6) is 0 Å². The van der Waals surface area contributed by atoms with Gasteiger partial charge in [-0.05, 0) is 118 Å². The SMILES string of the molecule is OCCC(CO)CCP(CCCP(CCC(CO)CCO)CCC(CO)CCO)CCC(CO)CCO. The van der Waals surface area contributed by atoms with E-state index in [4.69, 9.17) is 0 Å². The van der Waals surface area contributed by atoms with Gasteiger partial charge in [0.05, 0.1) is 0 Å². The predicted molar refractivity (Wildman–Crippen MR) is 155 cm³/mol. The molecule has 224 valence electrons. The van der Waals surface area contributed by atoms with E-state index in [9.17, 15) is 40.9 Å². The van der Waals surface area contributed by atoms with Gasteiger partial charge in [-0.15, -0.1) is 15.8 Å². The molecule has 8 N–H and O–H groups in total. The van der Waals surface area contributed by atoms with Crippen LogP contribution in [0.1, 0.15) is 57.8 Å². The first-order valence-corrected chi connectivity index (χ1v) is 18.1. The highest BCUT2D eigenvalue weighted by molar-refractivity contribution is 7.58. The second kappa shape index (κ2) is 26.7. The number of aliphatic hydroxyl groups is 8. The van der Waals surface area contributed by atoms with Crippen molar-refractivity contribution in [3.8, 4) is 0 Å². The van der Waals surface area contributed by atoms with Gasteiger partial charge in [-0.1, -0.05) is 0 Å². The second-order valence-corrected chi connectivity index (χ2v) is 15.8. The van der Waals surface area contributed by atoms with E-state index < -0.39 is 0 Å². The third-order valence-electron chi connectivity index (χ3n) is 7.55. The predicted octanol–water partition coefficient (Wildman–Crippen LogP) is 1.86. The van der Waals surface area contributed by atoms with Crippen LogP contribution in [-0.4, -0.2) is 131 Å². The van der Waals surface area contributed by atoms with Crippen molar-refractivity contribution in [1.29, 1.82) is 0 Å². The normalized spacial score (nSPS) is 16.9. The molecule has 0 aliphatic carbocycles. The molecule has 0 aromatic rings. The average Bonchev–Trinajstić information content (AvgIpc) is 2.91. The van der Waals surface area contributed by atoms with Crippen LogP contribution in [0.15, 0.2) is 0 Å². The van der Waals surface area contributed by atoms with Gasteiger partial charge in [0.1, 0.15) is 0 Å². The minimum Gasteiger partial charge on any atom is -0.396 e. The van der Waals surface area contributed by atoms with Crippen molar-refractivity contribution in [3.63, 3.8) is 0 Å². The molecule has 0 bridgehead atoms. The van der Waals surface area contributed by atoms with E-state index in [0.29, 0.717) is 25.7 Å². The maximum absolute atomic E-state index is 9.64. The molecule has 0 heterocycles. The van der Waals surface area contributed by atoms with E-state index in [0.717, 1.165) is 69.1 Å². The Labute approximate surface area is 228 Å². The fourth-order valence-electron chi connectivity index (χ4n) is 4.69. The van der Waals surface area contributed by atoms with E-state index in [2.05, 4.69) is 0 Å². The van der Waals surface area contributed by atoms with Crippen LogP contribution in [0, 0.1) is 23.7 Å². The van der Waals surface area contributed by atoms with Gasteiger partial charge < -0.3 is 40.9 Å². The summed E-state index contributed by atoms with van der Waals surface area (Å²) in [5.74, 6) is 0.508. The topological polar surface area (TPSA) is 162 Å². The number of aliphatic hydroxyl groups excluding tert-OH is 8. The first-order chi connectivity index (χ1) is 18.0. The van der Waals surface area contributed by atoms with E-state index in [1.165, 1.54) is 0 Å². The minimum atomic E-state index is -0.272. The van der Waals surface area contributed by atoms with Gasteiger partial charge in [-0.3, -0.25) is 0 Å². The summed E-state index contributed by atoms with van der Waals surface area (Å²) in [7, 11) is -0.543. The summed E-state index contributed by atoms with van der Waals surface area (Å²) in [4.78, 5) is 0. The molecular formula is C27H58O8P2. The Kier molecular flexibility index (Phi) is 27.1. The van der Waals surface area contributed by atoms with Gasteiger partial charge in [0.2, 0.25) is 0 Å². The summed E-state index contributed by atoms with van der Waals surface area (Å²) >= 11 is 0. The van der Waals surface area contributed by atoms with Crippen molar-refractivity contribution < 1.29 is 40.9 Å². The molecule has 0 saturated carbocycles. The number of hydrogen-bond donors (Lipinski definition) is 8. The quantitative estimate of drug-likeness (QED) is 0.0659. The van der Waals surface area contributed by atoms with E-state index in [-0.39, 0.29) is 92.4 Å². The molecule has 10 heteroatoms. The van der Waals surface area contributed by atoms with Gasteiger partial charge in [0, 0.05) is 52.9 Å². The molecule has 4 unspecified atom stereocenters. The molecule has 8 nitrogen and oxygen atoms in total. The first-order valence-electron chi connectivity index (χ1n) is 14.3. The molecule has 0 aromatic carbocycles. The van der Waals surface area contributed by atoms with E-state index in [1.54, 1.807) is 0 Å². The molecule has 0 amide bonds. The summed E-state index contributed by atoms with van der Waals surface area (Å²) in [5.41, 5.74) is 0. The van der Waals surface area contributed by atoms with Crippen molar-refractivity contribution in [3.05, 3.63) is 0 Å². The smallest absolute Gasteiger partial charge is 0.0460 e. The van der Waals surface area contributed by atoms with Crippen molar-refractivity contribution in [1.82, 2.24) is 0 Å². The lowest BCUT2D eigenvalue weighted by atomic mass is 10.0. The standard InChI is InChI=1S/C27H58O8P2/c28-10-2-24(20-32)6-16-36(17-7-25(21-33)3-11-29)14-1-15-37(18-8-26(22-34)4-12-30)19-9-27(23-35)5-13-31/h24-35H,1-23H2. The van der Waals surface area contributed by atoms with Crippen molar-refractivity contribution in [2.45, 2.75) is 57.8 Å². The van der Waals surface area contributed by atoms with Crippen LogP contribution in [0.4, 0.5) is 0 Å². The fraction of sp³-hybridized carbons (Fsp3) is 1.00. The molecule has 0 spiro atoms. The average molecular weight is 573 g/mol. The second-order valence-electron chi connectivity index (χ2n) is 10.4. The lowest BCUT2D eigenvalue weighted by Crippen LogP contribution is -2.14. The fourth-order valence-corrected chi connectivity index (χ4v) is 10.4. The maximum Gasteiger partial charge on any atom is 0.0460 e. The van der Waals surface area contributed by atoms with Gasteiger partial charge in [-0.25, -0.2) is 0 Å². The molecule has 0 aliphatic rings. The Bertz CT molecular complexity index is 402. The van der Waals surface area contributed by atoms with Crippen LogP contribution in [-0.2, 0) is 0 Å². The van der Waals surface area contributed by atoms with Gasteiger partial charge in [0.15, 0.2) is 0 Å². The van der Waals surface area contributed by atoms with Crippen LogP contribution < -0.4 is 0 Å². The summed E-state index contributed by atoms with van der Waals surface area (Å²) < 4.78 is 0. The third-order valence-corrected chi connectivity index (χ3v) is 13.0. The molecule has 0 fully saturated rings. The zero-order chi connectivity index (χ0) is 27.7. The van der Waals surface area contributed by atoms with Crippen molar-refractivity contribution in [2.75, 3.05) is 89.8 Å². The lowest BCUT2D eigenvalue weighted by molar-refractivity contribution is 0.180. The van der Waals surface area contributed by atoms with Crippen LogP contribution in [0.3, 0.4) is 0 Å². The highest BCUT2D eigenvalue weighted by Crippen LogP contribution is 2.44. The summed E-state index contributed by atoms with van der Waals surface area (Å²) in [6.07, 6.45) is 13.6. The third kappa shape index (κ3) is 20.1. The molecule has 0 radical (unpaired) electrons. The maximum atomic E-state index is 9.64. The highest BCUT2D eigenvalue weighted by atomic mass is 31.1. The lowest BCUT2D eigenvalue weighted by Gasteiger charge is -2.25. The zero-order valence-corrected chi connectivity index (χ0v) is 24.8. The zero-order valence-electron chi connectivity index (χ0n) is 23.0. The highest BCUT2D eigenvalue weighted by Gasteiger charge is 2.19. The van der Waals surface area contributed by atoms with E-state index in [1.807, 2.05) is 0 Å². The Morgan fingerprint density at radius 1 is 0.324 bits per heavy atom. The number of rotatable bonds is 28. The molecule has 0 aliphatic heterocycles. The molecule has 37 heavy (non-hydrogen) atoms. The largest absolute Gasteiger partial charge is 0.396 e. The summed E-state index contributed by atoms with van der Waals surface area (Å²) in [5, 5.41) is 75.6.